The van der Waals surface area contributed by atoms with Gasteiger partial charge in [0, 0.05) is 19.1 Å². The maximum atomic E-state index is 12.4. The molecule has 7 heteroatoms. The van der Waals surface area contributed by atoms with Crippen molar-refractivity contribution in [3.63, 3.8) is 0 Å². The summed E-state index contributed by atoms with van der Waals surface area (Å²) in [6.45, 7) is 0.00564. The number of hydrogen-bond donors (Lipinski definition) is 2. The Morgan fingerprint density at radius 2 is 1.95 bits per heavy atom. The summed E-state index contributed by atoms with van der Waals surface area (Å²) in [7, 11) is 0. The van der Waals surface area contributed by atoms with Crippen molar-refractivity contribution < 1.29 is 13.9 Å². The van der Waals surface area contributed by atoms with Gasteiger partial charge in [-0.15, -0.1) is 0 Å². The lowest BCUT2D eigenvalue weighted by atomic mass is 10.0. The summed E-state index contributed by atoms with van der Waals surface area (Å²) >= 11 is 12.0. The van der Waals surface area contributed by atoms with Crippen LogP contribution in [0.2, 0.25) is 10.0 Å². The van der Waals surface area contributed by atoms with E-state index in [0.717, 1.165) is 0 Å². The van der Waals surface area contributed by atoms with Crippen molar-refractivity contribution in [1.82, 2.24) is 4.90 Å². The van der Waals surface area contributed by atoms with Crippen LogP contribution in [0.4, 0.5) is 8.78 Å². The van der Waals surface area contributed by atoms with E-state index in [2.05, 4.69) is 0 Å². The van der Waals surface area contributed by atoms with Crippen molar-refractivity contribution in [1.29, 1.82) is 0 Å². The number of benzene rings is 1. The second-order valence-corrected chi connectivity index (χ2v) is 5.24. The highest BCUT2D eigenvalue weighted by molar-refractivity contribution is 6.42. The van der Waals surface area contributed by atoms with Gasteiger partial charge in [0.2, 0.25) is 0 Å². The molecule has 0 aliphatic heterocycles. The average molecular weight is 327 g/mol. The molecule has 20 heavy (non-hydrogen) atoms. The Balaban J connectivity index is 2.60. The molecular weight excluding hydrogens is 309 g/mol. The normalized spacial score (nSPS) is 13.2. The van der Waals surface area contributed by atoms with Gasteiger partial charge < -0.3 is 10.8 Å². The van der Waals surface area contributed by atoms with Crippen LogP contribution in [0.5, 0.6) is 0 Å². The minimum atomic E-state index is -2.44. The predicted molar refractivity (Wildman–Crippen MR) is 77.5 cm³/mol. The Morgan fingerprint density at radius 1 is 1.25 bits per heavy atom. The van der Waals surface area contributed by atoms with Crippen LogP contribution in [-0.4, -0.2) is 42.7 Å². The Morgan fingerprint density at radius 3 is 2.55 bits per heavy atom. The number of nitrogens with zero attached hydrogens (tertiary/aromatic N) is 1. The molecule has 0 spiro atoms. The lowest BCUT2D eigenvalue weighted by molar-refractivity contribution is 0.0768. The fraction of sp³-hybridized carbons (Fsp3) is 0.538. The van der Waals surface area contributed by atoms with Gasteiger partial charge in [-0.2, -0.15) is 0 Å². The third-order valence-corrected chi connectivity index (χ3v) is 3.78. The molecule has 0 aliphatic carbocycles. The summed E-state index contributed by atoms with van der Waals surface area (Å²) in [5.74, 6) is 0. The van der Waals surface area contributed by atoms with E-state index in [4.69, 9.17) is 34.0 Å². The predicted octanol–water partition coefficient (Wildman–Crippen LogP) is 2.94. The Hall–Kier alpha value is -0.460. The third-order valence-electron chi connectivity index (χ3n) is 2.95. The lowest BCUT2D eigenvalue weighted by Crippen LogP contribution is -2.34. The van der Waals surface area contributed by atoms with Crippen LogP contribution in [0.3, 0.4) is 0 Å². The van der Waals surface area contributed by atoms with E-state index in [9.17, 15) is 8.78 Å². The molecule has 1 rings (SSSR count). The van der Waals surface area contributed by atoms with E-state index in [0.29, 0.717) is 28.6 Å². The van der Waals surface area contributed by atoms with Crippen molar-refractivity contribution in [3.8, 4) is 0 Å². The Kier molecular flexibility index (Phi) is 7.69. The summed E-state index contributed by atoms with van der Waals surface area (Å²) in [6.07, 6.45) is -1.99. The van der Waals surface area contributed by atoms with Crippen LogP contribution >= 0.6 is 23.2 Å². The molecule has 1 aromatic rings. The smallest absolute Gasteiger partial charge is 0.251 e. The molecule has 0 aromatic heterocycles. The van der Waals surface area contributed by atoms with Crippen molar-refractivity contribution in [2.24, 2.45) is 5.73 Å². The molecule has 0 saturated heterocycles. The fourth-order valence-electron chi connectivity index (χ4n) is 1.91. The highest BCUT2D eigenvalue weighted by atomic mass is 35.5. The summed E-state index contributed by atoms with van der Waals surface area (Å²) in [6, 6.07) is 4.78. The highest BCUT2D eigenvalue weighted by Crippen LogP contribution is 2.30. The van der Waals surface area contributed by atoms with Crippen LogP contribution in [0.25, 0.3) is 0 Å². The molecule has 0 aliphatic rings. The quantitative estimate of drug-likeness (QED) is 0.772. The van der Waals surface area contributed by atoms with Gasteiger partial charge in [-0.3, -0.25) is 4.90 Å². The molecule has 0 amide bonds. The Labute approximate surface area is 127 Å². The van der Waals surface area contributed by atoms with E-state index in [1.54, 1.807) is 18.2 Å². The zero-order valence-corrected chi connectivity index (χ0v) is 12.4. The first-order valence-corrected chi connectivity index (χ1v) is 7.02. The van der Waals surface area contributed by atoms with Crippen molar-refractivity contribution in [2.45, 2.75) is 18.9 Å². The molecule has 0 saturated carbocycles. The molecular formula is C13H18Cl2F2N2O. The maximum Gasteiger partial charge on any atom is 0.251 e. The molecule has 0 bridgehead atoms. The SMILES string of the molecule is NC(CCN(CCO)CC(F)F)c1cccc(Cl)c1Cl. The molecule has 0 fully saturated rings. The number of hydrogen-bond acceptors (Lipinski definition) is 3. The van der Waals surface area contributed by atoms with Gasteiger partial charge in [-0.05, 0) is 18.1 Å². The number of aliphatic hydroxyl groups is 1. The number of alkyl halides is 2. The highest BCUT2D eigenvalue weighted by Gasteiger charge is 2.16. The first kappa shape index (κ1) is 17.6. The van der Waals surface area contributed by atoms with E-state index in [-0.39, 0.29) is 25.7 Å². The summed E-state index contributed by atoms with van der Waals surface area (Å²) in [5, 5.41) is 9.66. The third kappa shape index (κ3) is 5.50. The molecule has 114 valence electrons. The lowest BCUT2D eigenvalue weighted by Gasteiger charge is -2.23. The minimum Gasteiger partial charge on any atom is -0.395 e. The largest absolute Gasteiger partial charge is 0.395 e. The van der Waals surface area contributed by atoms with Gasteiger partial charge in [0.15, 0.2) is 0 Å². The second kappa shape index (κ2) is 8.74. The molecule has 3 N–H and O–H groups in total. The average Bonchev–Trinajstić information content (AvgIpc) is 2.38. The number of halogens is 4. The summed E-state index contributed by atoms with van der Waals surface area (Å²) < 4.78 is 24.8. The Bertz CT molecular complexity index is 421. The van der Waals surface area contributed by atoms with Gasteiger partial charge in [0.1, 0.15) is 0 Å². The van der Waals surface area contributed by atoms with Crippen LogP contribution in [0.15, 0.2) is 18.2 Å². The molecule has 1 aromatic carbocycles. The second-order valence-electron chi connectivity index (χ2n) is 4.45. The maximum absolute atomic E-state index is 12.4. The zero-order chi connectivity index (χ0) is 15.1. The number of nitrogens with two attached hydrogens (primary N) is 1. The summed E-state index contributed by atoms with van der Waals surface area (Å²) in [5.41, 5.74) is 6.71. The van der Waals surface area contributed by atoms with Gasteiger partial charge >= 0.3 is 0 Å². The van der Waals surface area contributed by atoms with Gasteiger partial charge in [0.05, 0.1) is 23.2 Å². The van der Waals surface area contributed by atoms with Gasteiger partial charge in [-0.25, -0.2) is 8.78 Å². The topological polar surface area (TPSA) is 49.5 Å². The fourth-order valence-corrected chi connectivity index (χ4v) is 2.36. The van der Waals surface area contributed by atoms with Crippen molar-refractivity contribution in [3.05, 3.63) is 33.8 Å². The van der Waals surface area contributed by atoms with E-state index >= 15 is 0 Å². The zero-order valence-electron chi connectivity index (χ0n) is 10.9. The van der Waals surface area contributed by atoms with Crippen LogP contribution in [0, 0.1) is 0 Å². The monoisotopic (exact) mass is 326 g/mol. The summed E-state index contributed by atoms with van der Waals surface area (Å²) in [4.78, 5) is 1.48. The van der Waals surface area contributed by atoms with Gasteiger partial charge in [0.25, 0.3) is 6.43 Å². The standard InChI is InChI=1S/C13H18Cl2F2N2O/c14-10-3-1-2-9(13(10)15)11(18)4-5-19(6-7-20)8-12(16)17/h1-3,11-12,20H,4-8,18H2. The van der Waals surface area contributed by atoms with E-state index in [1.165, 1.54) is 4.90 Å². The molecule has 0 radical (unpaired) electrons. The number of aliphatic hydroxyl groups excluding tert-OH is 1. The molecule has 0 heterocycles. The minimum absolute atomic E-state index is 0.167. The van der Waals surface area contributed by atoms with Gasteiger partial charge in [-0.1, -0.05) is 35.3 Å². The molecule has 1 atom stereocenters. The molecule has 1 unspecified atom stereocenters. The molecule has 3 nitrogen and oxygen atoms in total. The van der Waals surface area contributed by atoms with Crippen LogP contribution in [0.1, 0.15) is 18.0 Å². The van der Waals surface area contributed by atoms with Crippen LogP contribution in [-0.2, 0) is 0 Å². The van der Waals surface area contributed by atoms with E-state index in [1.807, 2.05) is 0 Å². The van der Waals surface area contributed by atoms with Crippen molar-refractivity contribution in [2.75, 3.05) is 26.2 Å². The van der Waals surface area contributed by atoms with Crippen LogP contribution < -0.4 is 5.73 Å². The number of rotatable bonds is 8. The first-order valence-electron chi connectivity index (χ1n) is 6.26. The first-order chi connectivity index (χ1) is 9.45. The van der Waals surface area contributed by atoms with E-state index < -0.39 is 6.43 Å². The van der Waals surface area contributed by atoms with Crippen molar-refractivity contribution >= 4 is 23.2 Å².